The van der Waals surface area contributed by atoms with Gasteiger partial charge < -0.3 is 19.9 Å². The molecular weight excluding hydrogens is 502 g/mol. The molecule has 0 unspecified atom stereocenters. The van der Waals surface area contributed by atoms with Crippen LogP contribution in [0.3, 0.4) is 0 Å². The Morgan fingerprint density at radius 1 is 1.24 bits per heavy atom. The Morgan fingerprint density at radius 2 is 1.97 bits per heavy atom. The Morgan fingerprint density at radius 3 is 2.59 bits per heavy atom. The minimum Gasteiger partial charge on any atom is -0.405 e. The average molecular weight is 527 g/mol. The van der Waals surface area contributed by atoms with Crippen molar-refractivity contribution >= 4 is 29.9 Å². The highest BCUT2D eigenvalue weighted by atomic mass is 127. The van der Waals surface area contributed by atoms with Crippen LogP contribution < -0.4 is 15.4 Å². The Kier molecular flexibility index (Phi) is 10.2. The van der Waals surface area contributed by atoms with Crippen LogP contribution in [0.5, 0.6) is 5.75 Å². The van der Waals surface area contributed by atoms with Crippen molar-refractivity contribution in [2.75, 3.05) is 13.1 Å². The number of halogens is 4. The summed E-state index contributed by atoms with van der Waals surface area (Å²) in [6.45, 7) is 6.95. The van der Waals surface area contributed by atoms with Crippen molar-refractivity contribution < 1.29 is 22.4 Å². The molecule has 2 rings (SSSR count). The number of hydrogen-bond acceptors (Lipinski definition) is 5. The maximum Gasteiger partial charge on any atom is 0.573 e. The smallest absolute Gasteiger partial charge is 0.405 e. The second kappa shape index (κ2) is 11.8. The first-order chi connectivity index (χ1) is 13.3. The van der Waals surface area contributed by atoms with Crippen LogP contribution in [0.4, 0.5) is 13.2 Å². The minimum absolute atomic E-state index is 0. The van der Waals surface area contributed by atoms with Crippen LogP contribution in [-0.2, 0) is 13.0 Å². The predicted octanol–water partition coefficient (Wildman–Crippen LogP) is 4.01. The second-order valence-electron chi connectivity index (χ2n) is 6.23. The number of benzene rings is 1. The van der Waals surface area contributed by atoms with E-state index in [2.05, 4.69) is 30.5 Å². The first-order valence-corrected chi connectivity index (χ1v) is 8.96. The summed E-state index contributed by atoms with van der Waals surface area (Å²) in [4.78, 5) is 8.61. The molecule has 1 aromatic carbocycles. The monoisotopic (exact) mass is 527 g/mol. The molecule has 2 N–H and O–H groups in total. The molecule has 1 aromatic heterocycles. The van der Waals surface area contributed by atoms with Crippen molar-refractivity contribution in [3.05, 3.63) is 41.5 Å². The van der Waals surface area contributed by atoms with E-state index in [0.717, 1.165) is 0 Å². The van der Waals surface area contributed by atoms with Gasteiger partial charge in [0.2, 0.25) is 5.89 Å². The Bertz CT molecular complexity index is 781. The van der Waals surface area contributed by atoms with Crippen LogP contribution in [-0.4, -0.2) is 35.6 Å². The third-order valence-corrected chi connectivity index (χ3v) is 3.58. The normalized spacial score (nSPS) is 11.9. The van der Waals surface area contributed by atoms with Crippen LogP contribution in [0.15, 0.2) is 33.8 Å². The molecule has 11 heteroatoms. The summed E-state index contributed by atoms with van der Waals surface area (Å²) in [6, 6.07) is 5.92. The molecule has 0 aliphatic heterocycles. The summed E-state index contributed by atoms with van der Waals surface area (Å²) in [7, 11) is 0. The number of aromatic nitrogens is 2. The van der Waals surface area contributed by atoms with Crippen molar-refractivity contribution in [1.29, 1.82) is 0 Å². The van der Waals surface area contributed by atoms with Gasteiger partial charge in [-0.25, -0.2) is 4.99 Å². The van der Waals surface area contributed by atoms with Gasteiger partial charge in [-0.05, 0) is 13.0 Å². The van der Waals surface area contributed by atoms with Gasteiger partial charge >= 0.3 is 6.36 Å². The highest BCUT2D eigenvalue weighted by molar-refractivity contribution is 14.0. The molecule has 0 saturated heterocycles. The fourth-order valence-corrected chi connectivity index (χ4v) is 2.26. The number of nitrogens with one attached hydrogen (secondary N) is 2. The molecule has 0 atom stereocenters. The van der Waals surface area contributed by atoms with E-state index in [1.165, 1.54) is 12.1 Å². The number of guanidine groups is 1. The minimum atomic E-state index is -4.75. The molecule has 0 amide bonds. The van der Waals surface area contributed by atoms with Crippen molar-refractivity contribution in [2.45, 2.75) is 46.0 Å². The second-order valence-corrected chi connectivity index (χ2v) is 6.23. The summed E-state index contributed by atoms with van der Waals surface area (Å²) in [6.07, 6.45) is -4.25. The maximum atomic E-state index is 12.5. The highest BCUT2D eigenvalue weighted by Gasteiger charge is 2.31. The van der Waals surface area contributed by atoms with Gasteiger partial charge in [0.25, 0.3) is 0 Å². The Balaban J connectivity index is 0.00000420. The molecule has 0 saturated carbocycles. The van der Waals surface area contributed by atoms with Crippen molar-refractivity contribution in [1.82, 2.24) is 20.8 Å². The quantitative estimate of drug-likeness (QED) is 0.307. The lowest BCUT2D eigenvalue weighted by atomic mass is 10.2. The molecule has 29 heavy (non-hydrogen) atoms. The molecule has 162 valence electrons. The van der Waals surface area contributed by atoms with E-state index in [4.69, 9.17) is 4.52 Å². The summed E-state index contributed by atoms with van der Waals surface area (Å²) < 4.78 is 46.8. The summed E-state index contributed by atoms with van der Waals surface area (Å²) >= 11 is 0. The van der Waals surface area contributed by atoms with E-state index >= 15 is 0 Å². The summed E-state index contributed by atoms with van der Waals surface area (Å²) in [5, 5.41) is 10.0. The lowest BCUT2D eigenvalue weighted by Gasteiger charge is -2.13. The van der Waals surface area contributed by atoms with Crippen LogP contribution in [0.2, 0.25) is 0 Å². The largest absolute Gasteiger partial charge is 0.573 e. The number of ether oxygens (including phenoxy) is 1. The number of rotatable bonds is 8. The number of para-hydroxylation sites is 1. The van der Waals surface area contributed by atoms with Crippen molar-refractivity contribution in [3.8, 4) is 5.75 Å². The molecule has 0 aliphatic carbocycles. The van der Waals surface area contributed by atoms with E-state index in [1.807, 2.05) is 20.8 Å². The summed E-state index contributed by atoms with van der Waals surface area (Å²) in [5.74, 6) is 1.55. The van der Waals surface area contributed by atoms with Crippen molar-refractivity contribution in [2.24, 2.45) is 4.99 Å². The third-order valence-electron chi connectivity index (χ3n) is 3.58. The van der Waals surface area contributed by atoms with Crippen LogP contribution in [0.25, 0.3) is 0 Å². The van der Waals surface area contributed by atoms with Gasteiger partial charge in [-0.3, -0.25) is 0 Å². The molecule has 7 nitrogen and oxygen atoms in total. The molecule has 2 aromatic rings. The fourth-order valence-electron chi connectivity index (χ4n) is 2.26. The Labute approximate surface area is 184 Å². The summed E-state index contributed by atoms with van der Waals surface area (Å²) in [5.41, 5.74) is 0.329. The fraction of sp³-hybridized carbons (Fsp3) is 0.500. The molecule has 1 heterocycles. The van der Waals surface area contributed by atoms with Gasteiger partial charge in [0.15, 0.2) is 11.8 Å². The van der Waals surface area contributed by atoms with Crippen LogP contribution >= 0.6 is 24.0 Å². The van der Waals surface area contributed by atoms with Crippen LogP contribution in [0.1, 0.15) is 44.0 Å². The third kappa shape index (κ3) is 8.88. The highest BCUT2D eigenvalue weighted by Crippen LogP contribution is 2.26. The van der Waals surface area contributed by atoms with Gasteiger partial charge in [0.1, 0.15) is 5.75 Å². The van der Waals surface area contributed by atoms with E-state index in [0.29, 0.717) is 42.7 Å². The SMILES string of the molecule is CCNC(=NCc1ccccc1OC(F)(F)F)NCCc1nc(C(C)C)no1.I. The maximum absolute atomic E-state index is 12.5. The standard InChI is InChI=1S/C18H24F3N5O2.HI/c1-4-22-17(23-10-9-15-25-16(12(2)3)26-28-15)24-11-13-7-5-6-8-14(13)27-18(19,20)21;/h5-8,12H,4,9-11H2,1-3H3,(H2,22,23,24);1H. The van der Waals surface area contributed by atoms with E-state index in [-0.39, 0.29) is 42.2 Å². The van der Waals surface area contributed by atoms with E-state index in [1.54, 1.807) is 12.1 Å². The van der Waals surface area contributed by atoms with Gasteiger partial charge in [0.05, 0.1) is 6.54 Å². The molecule has 0 bridgehead atoms. The van der Waals surface area contributed by atoms with Crippen LogP contribution in [0, 0.1) is 0 Å². The van der Waals surface area contributed by atoms with Gasteiger partial charge in [-0.15, -0.1) is 37.1 Å². The molecule has 0 radical (unpaired) electrons. The zero-order valence-corrected chi connectivity index (χ0v) is 18.7. The zero-order chi connectivity index (χ0) is 20.6. The molecule has 0 fully saturated rings. The van der Waals surface area contributed by atoms with E-state index < -0.39 is 6.36 Å². The van der Waals surface area contributed by atoms with Gasteiger partial charge in [-0.2, -0.15) is 4.98 Å². The van der Waals surface area contributed by atoms with E-state index in [9.17, 15) is 13.2 Å². The van der Waals surface area contributed by atoms with Crippen molar-refractivity contribution in [3.63, 3.8) is 0 Å². The molecule has 0 spiro atoms. The number of hydrogen-bond donors (Lipinski definition) is 2. The average Bonchev–Trinajstić information content (AvgIpc) is 3.09. The number of alkyl halides is 3. The van der Waals surface area contributed by atoms with Gasteiger partial charge in [-0.1, -0.05) is 37.2 Å². The number of nitrogens with zero attached hydrogens (tertiary/aromatic N) is 3. The topological polar surface area (TPSA) is 84.6 Å². The zero-order valence-electron chi connectivity index (χ0n) is 16.4. The lowest BCUT2D eigenvalue weighted by molar-refractivity contribution is -0.274. The lowest BCUT2D eigenvalue weighted by Crippen LogP contribution is -2.38. The predicted molar refractivity (Wildman–Crippen MR) is 113 cm³/mol. The first-order valence-electron chi connectivity index (χ1n) is 8.96. The number of aliphatic imine (C=N–C) groups is 1. The molecular formula is C18H25F3IN5O2. The molecule has 0 aliphatic rings. The first kappa shape index (κ1) is 25.0. The Hall–Kier alpha value is -2.05. The van der Waals surface area contributed by atoms with Gasteiger partial charge in [0, 0.05) is 31.0 Å².